The lowest BCUT2D eigenvalue weighted by molar-refractivity contribution is 0.570. The molecule has 0 bridgehead atoms. The Morgan fingerprint density at radius 2 is 1.71 bits per heavy atom. The van der Waals surface area contributed by atoms with Crippen molar-refractivity contribution in [3.63, 3.8) is 0 Å². The van der Waals surface area contributed by atoms with E-state index in [0.717, 1.165) is 12.8 Å². The number of aryl methyl sites for hydroxylation is 1. The standard InChI is InChI=1S/C14H20O2S/c1-14(2,3)17(15,16)12-8-7-11-13-9-5-4-6-10-13/h4-6,8-10,12H,7,11H2,1-3H3/b12-8+. The van der Waals surface area contributed by atoms with Crippen LogP contribution in [0.25, 0.3) is 0 Å². The smallest absolute Gasteiger partial charge is 0.176 e. The quantitative estimate of drug-likeness (QED) is 0.823. The van der Waals surface area contributed by atoms with E-state index in [0.29, 0.717) is 0 Å². The molecule has 0 heterocycles. The number of rotatable bonds is 4. The van der Waals surface area contributed by atoms with Crippen LogP contribution >= 0.6 is 0 Å². The summed E-state index contributed by atoms with van der Waals surface area (Å²) < 4.78 is 22.8. The Hall–Kier alpha value is -1.09. The van der Waals surface area contributed by atoms with Crippen LogP contribution in [0.2, 0.25) is 0 Å². The molecule has 0 amide bonds. The fourth-order valence-electron chi connectivity index (χ4n) is 1.29. The van der Waals surface area contributed by atoms with Gasteiger partial charge in [-0.05, 0) is 39.2 Å². The molecular weight excluding hydrogens is 232 g/mol. The molecule has 0 atom stereocenters. The molecule has 0 saturated carbocycles. The molecule has 0 N–H and O–H groups in total. The second-order valence-corrected chi connectivity index (χ2v) is 7.64. The van der Waals surface area contributed by atoms with Crippen LogP contribution in [0.1, 0.15) is 32.8 Å². The first-order valence-corrected chi connectivity index (χ1v) is 7.33. The summed E-state index contributed by atoms with van der Waals surface area (Å²) >= 11 is 0. The molecule has 94 valence electrons. The van der Waals surface area contributed by atoms with Gasteiger partial charge in [0.25, 0.3) is 0 Å². The van der Waals surface area contributed by atoms with Crippen molar-refractivity contribution in [1.29, 1.82) is 0 Å². The summed E-state index contributed by atoms with van der Waals surface area (Å²) in [6, 6.07) is 10.1. The highest BCUT2D eigenvalue weighted by Crippen LogP contribution is 2.17. The van der Waals surface area contributed by atoms with E-state index in [1.165, 1.54) is 11.0 Å². The first kappa shape index (κ1) is 14.0. The van der Waals surface area contributed by atoms with Gasteiger partial charge in [-0.2, -0.15) is 0 Å². The van der Waals surface area contributed by atoms with Crippen molar-refractivity contribution in [2.24, 2.45) is 0 Å². The second kappa shape index (κ2) is 5.50. The van der Waals surface area contributed by atoms with Gasteiger partial charge in [0.15, 0.2) is 9.84 Å². The van der Waals surface area contributed by atoms with Gasteiger partial charge in [0.05, 0.1) is 4.75 Å². The maximum absolute atomic E-state index is 11.8. The van der Waals surface area contributed by atoms with E-state index >= 15 is 0 Å². The van der Waals surface area contributed by atoms with Crippen molar-refractivity contribution in [3.8, 4) is 0 Å². The first-order chi connectivity index (χ1) is 7.83. The van der Waals surface area contributed by atoms with Crippen molar-refractivity contribution in [1.82, 2.24) is 0 Å². The number of allylic oxidation sites excluding steroid dienone is 1. The molecule has 1 aromatic carbocycles. The molecule has 3 heteroatoms. The van der Waals surface area contributed by atoms with Crippen LogP contribution in [0.15, 0.2) is 41.8 Å². The second-order valence-electron chi connectivity index (χ2n) is 5.05. The fraction of sp³-hybridized carbons (Fsp3) is 0.429. The van der Waals surface area contributed by atoms with Gasteiger partial charge in [0.1, 0.15) is 0 Å². The molecule has 0 spiro atoms. The number of hydrogen-bond acceptors (Lipinski definition) is 2. The van der Waals surface area contributed by atoms with Crippen LogP contribution in [0.3, 0.4) is 0 Å². The average molecular weight is 252 g/mol. The molecule has 0 unspecified atom stereocenters. The van der Waals surface area contributed by atoms with Gasteiger partial charge in [-0.25, -0.2) is 8.42 Å². The van der Waals surface area contributed by atoms with Gasteiger partial charge in [0.2, 0.25) is 0 Å². The molecule has 17 heavy (non-hydrogen) atoms. The van der Waals surface area contributed by atoms with Crippen LogP contribution in [0, 0.1) is 0 Å². The van der Waals surface area contributed by atoms with Gasteiger partial charge < -0.3 is 0 Å². The summed E-state index contributed by atoms with van der Waals surface area (Å²) in [6.45, 7) is 5.14. The van der Waals surface area contributed by atoms with Crippen molar-refractivity contribution < 1.29 is 8.42 Å². The van der Waals surface area contributed by atoms with Crippen LogP contribution in [-0.2, 0) is 16.3 Å². The number of benzene rings is 1. The van der Waals surface area contributed by atoms with Gasteiger partial charge in [-0.1, -0.05) is 36.4 Å². The van der Waals surface area contributed by atoms with Gasteiger partial charge in [0, 0.05) is 5.41 Å². The van der Waals surface area contributed by atoms with E-state index in [2.05, 4.69) is 0 Å². The maximum atomic E-state index is 11.8. The molecule has 0 saturated heterocycles. The molecule has 0 radical (unpaired) electrons. The van der Waals surface area contributed by atoms with Crippen LogP contribution in [0.4, 0.5) is 0 Å². The minimum atomic E-state index is -3.13. The van der Waals surface area contributed by atoms with Gasteiger partial charge in [-0.15, -0.1) is 0 Å². The Labute approximate surface area is 104 Å². The van der Waals surface area contributed by atoms with E-state index in [1.807, 2.05) is 30.3 Å². The lowest BCUT2D eigenvalue weighted by Crippen LogP contribution is -2.25. The maximum Gasteiger partial charge on any atom is 0.176 e. The molecule has 2 nitrogen and oxygen atoms in total. The predicted octanol–water partition coefficient (Wildman–Crippen LogP) is 3.35. The van der Waals surface area contributed by atoms with E-state index in [4.69, 9.17) is 0 Å². The Balaban J connectivity index is 2.53. The van der Waals surface area contributed by atoms with Crippen molar-refractivity contribution in [2.75, 3.05) is 0 Å². The van der Waals surface area contributed by atoms with Crippen LogP contribution in [-0.4, -0.2) is 13.2 Å². The Bertz CT molecular complexity index is 465. The summed E-state index contributed by atoms with van der Waals surface area (Å²) in [7, 11) is -3.13. The van der Waals surface area contributed by atoms with Crippen molar-refractivity contribution in [2.45, 2.75) is 38.4 Å². The zero-order valence-corrected chi connectivity index (χ0v) is 11.5. The predicted molar refractivity (Wildman–Crippen MR) is 72.6 cm³/mol. The third-order valence-electron chi connectivity index (χ3n) is 2.57. The number of sulfone groups is 1. The van der Waals surface area contributed by atoms with E-state index in [9.17, 15) is 8.42 Å². The van der Waals surface area contributed by atoms with Gasteiger partial charge >= 0.3 is 0 Å². The summed E-state index contributed by atoms with van der Waals surface area (Å²) in [5.74, 6) is 0. The molecule has 1 rings (SSSR count). The van der Waals surface area contributed by atoms with E-state index in [-0.39, 0.29) is 0 Å². The third-order valence-corrected chi connectivity index (χ3v) is 4.83. The molecular formula is C14H20O2S. The SMILES string of the molecule is CC(C)(C)S(=O)(=O)/C=C/CCc1ccccc1. The minimum Gasteiger partial charge on any atom is -0.224 e. The third kappa shape index (κ3) is 4.35. The molecule has 0 fully saturated rings. The van der Waals surface area contributed by atoms with Crippen molar-refractivity contribution >= 4 is 9.84 Å². The minimum absolute atomic E-state index is 0.712. The largest absolute Gasteiger partial charge is 0.224 e. The molecule has 1 aromatic rings. The summed E-state index contributed by atoms with van der Waals surface area (Å²) in [6.07, 6.45) is 3.36. The molecule has 0 aliphatic carbocycles. The zero-order valence-electron chi connectivity index (χ0n) is 10.7. The lowest BCUT2D eigenvalue weighted by Gasteiger charge is -2.15. The van der Waals surface area contributed by atoms with Crippen LogP contribution in [0.5, 0.6) is 0 Å². The van der Waals surface area contributed by atoms with Gasteiger partial charge in [-0.3, -0.25) is 0 Å². The number of hydrogen-bond donors (Lipinski definition) is 0. The monoisotopic (exact) mass is 252 g/mol. The topological polar surface area (TPSA) is 34.1 Å². The summed E-state index contributed by atoms with van der Waals surface area (Å²) in [5.41, 5.74) is 1.23. The normalized spacial score (nSPS) is 13.1. The highest BCUT2D eigenvalue weighted by molar-refractivity contribution is 7.95. The van der Waals surface area contributed by atoms with Crippen LogP contribution < -0.4 is 0 Å². The molecule has 0 aliphatic heterocycles. The Kier molecular flexibility index (Phi) is 4.52. The van der Waals surface area contributed by atoms with Crippen molar-refractivity contribution in [3.05, 3.63) is 47.4 Å². The Morgan fingerprint density at radius 3 is 2.24 bits per heavy atom. The average Bonchev–Trinajstić information content (AvgIpc) is 2.24. The highest BCUT2D eigenvalue weighted by Gasteiger charge is 2.25. The fourth-order valence-corrected chi connectivity index (χ4v) is 2.09. The van der Waals surface area contributed by atoms with E-state index < -0.39 is 14.6 Å². The first-order valence-electron chi connectivity index (χ1n) is 5.78. The zero-order chi connectivity index (χ0) is 12.9. The summed E-state index contributed by atoms with van der Waals surface area (Å²) in [5, 5.41) is 1.34. The van der Waals surface area contributed by atoms with E-state index in [1.54, 1.807) is 26.8 Å². The molecule has 0 aromatic heterocycles. The lowest BCUT2D eigenvalue weighted by atomic mass is 10.1. The molecule has 0 aliphatic rings. The summed E-state index contributed by atoms with van der Waals surface area (Å²) in [4.78, 5) is 0. The highest BCUT2D eigenvalue weighted by atomic mass is 32.2. The Morgan fingerprint density at radius 1 is 1.12 bits per heavy atom.